The van der Waals surface area contributed by atoms with Crippen LogP contribution in [0.4, 0.5) is 22.7 Å². The SMILES string of the molecule is CCN1/C(=C/C=C2\CCC(/C=C/C3=[N+](CC)c4ccc(C(=O)OC)cc4C3(C)C)=C2N(c2ccccc2)c2ccccc2)C(C)(C)c2cc(C(=O)OC)ccc21. The van der Waals surface area contributed by atoms with E-state index in [4.69, 9.17) is 9.47 Å². The third-order valence-electron chi connectivity index (χ3n) is 11.7. The molecule has 4 aromatic rings. The fourth-order valence-electron chi connectivity index (χ4n) is 8.77. The van der Waals surface area contributed by atoms with Crippen molar-refractivity contribution in [3.63, 3.8) is 0 Å². The molecule has 0 spiro atoms. The van der Waals surface area contributed by atoms with Gasteiger partial charge in [-0.2, -0.15) is 4.58 Å². The van der Waals surface area contributed by atoms with Gasteiger partial charge in [0.1, 0.15) is 6.54 Å². The molecule has 0 saturated carbocycles. The number of benzene rings is 4. The molecule has 0 aromatic heterocycles. The Morgan fingerprint density at radius 1 is 0.732 bits per heavy atom. The third-order valence-corrected chi connectivity index (χ3v) is 11.7. The van der Waals surface area contributed by atoms with Crippen molar-refractivity contribution >= 4 is 40.4 Å². The zero-order valence-corrected chi connectivity index (χ0v) is 33.9. The van der Waals surface area contributed by atoms with E-state index in [9.17, 15) is 9.59 Å². The first-order valence-electron chi connectivity index (χ1n) is 19.6. The van der Waals surface area contributed by atoms with Gasteiger partial charge in [0, 0.05) is 52.4 Å². The Kier molecular flexibility index (Phi) is 10.5. The van der Waals surface area contributed by atoms with Crippen LogP contribution < -0.4 is 9.80 Å². The predicted octanol–water partition coefficient (Wildman–Crippen LogP) is 10.7. The van der Waals surface area contributed by atoms with Crippen LogP contribution in [0.5, 0.6) is 0 Å². The van der Waals surface area contributed by atoms with Crippen LogP contribution in [-0.4, -0.2) is 49.5 Å². The number of anilines is 3. The van der Waals surface area contributed by atoms with Crippen molar-refractivity contribution in [2.75, 3.05) is 37.1 Å². The van der Waals surface area contributed by atoms with Gasteiger partial charge in [0.25, 0.3) is 0 Å². The van der Waals surface area contributed by atoms with E-state index in [1.807, 2.05) is 36.4 Å². The van der Waals surface area contributed by atoms with Gasteiger partial charge < -0.3 is 19.3 Å². The molecule has 7 nitrogen and oxygen atoms in total. The number of fused-ring (bicyclic) bond motifs is 2. The van der Waals surface area contributed by atoms with Gasteiger partial charge in [-0.1, -0.05) is 62.4 Å². The first kappa shape index (κ1) is 38.3. The predicted molar refractivity (Wildman–Crippen MR) is 227 cm³/mol. The van der Waals surface area contributed by atoms with Crippen LogP contribution in [0.1, 0.15) is 86.2 Å². The number of para-hydroxylation sites is 2. The van der Waals surface area contributed by atoms with E-state index in [2.05, 4.69) is 141 Å². The molecule has 0 saturated heterocycles. The maximum atomic E-state index is 12.5. The van der Waals surface area contributed by atoms with Crippen LogP contribution in [-0.2, 0) is 20.3 Å². The largest absolute Gasteiger partial charge is 0.465 e. The first-order valence-corrected chi connectivity index (χ1v) is 19.6. The highest BCUT2D eigenvalue weighted by Gasteiger charge is 2.45. The second-order valence-electron chi connectivity index (χ2n) is 15.5. The van der Waals surface area contributed by atoms with E-state index in [0.717, 1.165) is 59.8 Å². The Balaban J connectivity index is 1.38. The molecule has 7 rings (SSSR count). The fraction of sp³-hybridized carbons (Fsp3) is 0.286. The minimum atomic E-state index is -0.340. The van der Waals surface area contributed by atoms with Crippen LogP contribution in [0.2, 0.25) is 0 Å². The zero-order valence-electron chi connectivity index (χ0n) is 33.9. The van der Waals surface area contributed by atoms with Crippen molar-refractivity contribution in [1.82, 2.24) is 0 Å². The maximum absolute atomic E-state index is 12.5. The summed E-state index contributed by atoms with van der Waals surface area (Å²) in [6, 6.07) is 33.0. The molecule has 3 aliphatic rings. The summed E-state index contributed by atoms with van der Waals surface area (Å²) in [4.78, 5) is 29.8. The summed E-state index contributed by atoms with van der Waals surface area (Å²) >= 11 is 0. The van der Waals surface area contributed by atoms with Gasteiger partial charge in [0.15, 0.2) is 5.71 Å². The van der Waals surface area contributed by atoms with Gasteiger partial charge in [0.05, 0.1) is 36.5 Å². The molecule has 0 unspecified atom stereocenters. The van der Waals surface area contributed by atoms with Crippen LogP contribution in [0, 0.1) is 0 Å². The molecule has 7 heteroatoms. The van der Waals surface area contributed by atoms with Crippen molar-refractivity contribution in [2.24, 2.45) is 0 Å². The smallest absolute Gasteiger partial charge is 0.337 e. The summed E-state index contributed by atoms with van der Waals surface area (Å²) in [5, 5.41) is 0. The van der Waals surface area contributed by atoms with Crippen LogP contribution in [0.15, 0.2) is 144 Å². The molecular formula is C49H52N3O4+. The van der Waals surface area contributed by atoms with Gasteiger partial charge in [-0.3, -0.25) is 0 Å². The summed E-state index contributed by atoms with van der Waals surface area (Å²) in [5.74, 6) is -0.657. The van der Waals surface area contributed by atoms with Crippen LogP contribution in [0.3, 0.4) is 0 Å². The number of methoxy groups -OCH3 is 2. The molecule has 0 bridgehead atoms. The van der Waals surface area contributed by atoms with Crippen molar-refractivity contribution in [2.45, 2.75) is 65.2 Å². The van der Waals surface area contributed by atoms with Crippen LogP contribution in [0.25, 0.3) is 0 Å². The van der Waals surface area contributed by atoms with Gasteiger partial charge in [-0.05, 0) is 118 Å². The topological polar surface area (TPSA) is 62.1 Å². The molecule has 4 aromatic carbocycles. The fourth-order valence-corrected chi connectivity index (χ4v) is 8.77. The number of carbonyl (C=O) groups is 2. The molecule has 2 heterocycles. The van der Waals surface area contributed by atoms with E-state index < -0.39 is 0 Å². The van der Waals surface area contributed by atoms with Crippen molar-refractivity contribution in [3.05, 3.63) is 166 Å². The lowest BCUT2D eigenvalue weighted by Gasteiger charge is -2.29. The summed E-state index contributed by atoms with van der Waals surface area (Å²) in [6.45, 7) is 14.9. The molecule has 0 N–H and O–H groups in total. The summed E-state index contributed by atoms with van der Waals surface area (Å²) < 4.78 is 12.5. The number of esters is 2. The standard InChI is InChI=1S/C49H52N3O4/c1-9-50-41-27-23-35(46(53)55-7)31-39(41)48(3,4)43(50)29-25-33-21-22-34(45(33)52(37-17-13-11-14-18-37)38-19-15-12-16-20-38)26-30-44-49(5,6)40-32-36(47(54)56-8)24-28-42(40)51(44)10-2/h11-20,23-32H,9-10,21-22H2,1-8H3/q+1. The molecule has 0 radical (unpaired) electrons. The van der Waals surface area contributed by atoms with Crippen LogP contribution >= 0.6 is 0 Å². The monoisotopic (exact) mass is 746 g/mol. The average Bonchev–Trinajstić information content (AvgIpc) is 3.79. The van der Waals surface area contributed by atoms with E-state index in [1.54, 1.807) is 0 Å². The molecule has 0 amide bonds. The molecule has 0 atom stereocenters. The number of allylic oxidation sites excluding steroid dienone is 7. The lowest BCUT2D eigenvalue weighted by Crippen LogP contribution is -2.27. The first-order chi connectivity index (χ1) is 27.0. The molecular weight excluding hydrogens is 695 g/mol. The van der Waals surface area contributed by atoms with Gasteiger partial charge in [-0.15, -0.1) is 0 Å². The Hall–Kier alpha value is -5.95. The van der Waals surface area contributed by atoms with Crippen molar-refractivity contribution < 1.29 is 23.6 Å². The second kappa shape index (κ2) is 15.3. The molecule has 286 valence electrons. The summed E-state index contributed by atoms with van der Waals surface area (Å²) in [7, 11) is 2.85. The number of carbonyl (C=O) groups excluding carboxylic acids is 2. The third kappa shape index (κ3) is 6.59. The highest BCUT2D eigenvalue weighted by Crippen LogP contribution is 2.49. The highest BCUT2D eigenvalue weighted by atomic mass is 16.5. The number of likely N-dealkylation sites (N-methyl/N-ethyl adjacent to an activating group) is 1. The van der Waals surface area contributed by atoms with E-state index in [0.29, 0.717) is 11.1 Å². The van der Waals surface area contributed by atoms with Gasteiger partial charge in [0.2, 0.25) is 5.69 Å². The van der Waals surface area contributed by atoms with Gasteiger partial charge in [-0.25, -0.2) is 9.59 Å². The number of rotatable bonds is 10. The summed E-state index contributed by atoms with van der Waals surface area (Å²) in [6.07, 6.45) is 11.0. The van der Waals surface area contributed by atoms with Crippen molar-refractivity contribution in [3.8, 4) is 0 Å². The lowest BCUT2D eigenvalue weighted by atomic mass is 9.80. The molecule has 2 aliphatic heterocycles. The average molecular weight is 747 g/mol. The zero-order chi connectivity index (χ0) is 39.8. The minimum absolute atomic E-state index is 0.328. The molecule has 1 aliphatic carbocycles. The van der Waals surface area contributed by atoms with Crippen molar-refractivity contribution in [1.29, 1.82) is 0 Å². The Labute approximate surface area is 331 Å². The summed E-state index contributed by atoms with van der Waals surface area (Å²) in [5.41, 5.74) is 13.1. The Morgan fingerprint density at radius 2 is 1.32 bits per heavy atom. The number of hydrogen-bond donors (Lipinski definition) is 0. The highest BCUT2D eigenvalue weighted by molar-refractivity contribution is 6.04. The lowest BCUT2D eigenvalue weighted by molar-refractivity contribution is -0.433. The van der Waals surface area contributed by atoms with E-state index in [1.165, 1.54) is 42.5 Å². The molecule has 56 heavy (non-hydrogen) atoms. The number of hydrogen-bond acceptors (Lipinski definition) is 6. The Morgan fingerprint density at radius 3 is 1.89 bits per heavy atom. The molecule has 0 fully saturated rings. The quantitative estimate of drug-likeness (QED) is 0.119. The second-order valence-corrected chi connectivity index (χ2v) is 15.5. The Bertz CT molecular complexity index is 2310. The maximum Gasteiger partial charge on any atom is 0.337 e. The number of nitrogens with zero attached hydrogens (tertiary/aromatic N) is 3. The van der Waals surface area contributed by atoms with E-state index in [-0.39, 0.29) is 22.8 Å². The van der Waals surface area contributed by atoms with Gasteiger partial charge >= 0.3 is 11.9 Å². The normalized spacial score (nSPS) is 18.2. The minimum Gasteiger partial charge on any atom is -0.465 e. The van der Waals surface area contributed by atoms with E-state index >= 15 is 0 Å². The number of ether oxygens (including phenoxy) is 2.